The predicted octanol–water partition coefficient (Wildman–Crippen LogP) is 0.360. The van der Waals surface area contributed by atoms with Gasteiger partial charge in [0.1, 0.15) is 0 Å². The maximum atomic E-state index is 11.9. The summed E-state index contributed by atoms with van der Waals surface area (Å²) < 4.78 is 28.6. The first-order valence-electron chi connectivity index (χ1n) is 4.14. The Balaban J connectivity index is 2.65. The van der Waals surface area contributed by atoms with E-state index in [2.05, 4.69) is 9.97 Å². The van der Waals surface area contributed by atoms with Crippen LogP contribution >= 0.6 is 0 Å². The maximum Gasteiger partial charge on any atom is 0.259 e. The largest absolute Gasteiger partial charge is 0.453 e. The van der Waals surface area contributed by atoms with Crippen molar-refractivity contribution < 1.29 is 17.6 Å². The molecule has 0 saturated heterocycles. The molecule has 0 unspecified atom stereocenters. The molecule has 2 aromatic rings. The van der Waals surface area contributed by atoms with Crippen LogP contribution in [0, 0.1) is 0 Å². The summed E-state index contributed by atoms with van der Waals surface area (Å²) in [6, 6.07) is 2.69. The van der Waals surface area contributed by atoms with Crippen molar-refractivity contribution in [2.75, 3.05) is 0 Å². The van der Waals surface area contributed by atoms with Crippen LogP contribution in [-0.2, 0) is 14.6 Å². The lowest BCUT2D eigenvalue weighted by Gasteiger charge is -2.00. The fraction of sp³-hybridized carbons (Fsp3) is 0. The Hall–Kier alpha value is -2.02. The third-order valence-corrected chi connectivity index (χ3v) is 3.35. The molecule has 0 aliphatic carbocycles. The molecule has 0 spiro atoms. The van der Waals surface area contributed by atoms with Crippen LogP contribution in [0.1, 0.15) is 5.69 Å². The number of furan rings is 1. The first-order valence-corrected chi connectivity index (χ1v) is 5.62. The Bertz CT molecular complexity index is 604. The minimum atomic E-state index is -3.94. The zero-order valence-corrected chi connectivity index (χ0v) is 8.64. The van der Waals surface area contributed by atoms with Crippen molar-refractivity contribution in [2.24, 2.45) is 0 Å². The predicted molar refractivity (Wildman–Crippen MR) is 51.0 cm³/mol. The van der Waals surface area contributed by atoms with Crippen LogP contribution in [0.3, 0.4) is 0 Å². The third kappa shape index (κ3) is 1.61. The quantitative estimate of drug-likeness (QED) is 0.765. The fourth-order valence-electron chi connectivity index (χ4n) is 1.10. The second kappa shape index (κ2) is 3.86. The van der Waals surface area contributed by atoms with Crippen LogP contribution in [0.25, 0.3) is 0 Å². The SMILES string of the molecule is O=[C]c1nccnc1S(=O)(=O)c1ccco1. The molecule has 2 rings (SSSR count). The Morgan fingerprint density at radius 1 is 1.25 bits per heavy atom. The van der Waals surface area contributed by atoms with Gasteiger partial charge in [0.25, 0.3) is 16.1 Å². The smallest absolute Gasteiger partial charge is 0.259 e. The third-order valence-electron chi connectivity index (χ3n) is 1.78. The lowest BCUT2D eigenvalue weighted by Crippen LogP contribution is -2.08. The van der Waals surface area contributed by atoms with Crippen LogP contribution in [0.15, 0.2) is 45.3 Å². The van der Waals surface area contributed by atoms with E-state index in [0.29, 0.717) is 0 Å². The van der Waals surface area contributed by atoms with Crippen LogP contribution in [0.4, 0.5) is 0 Å². The highest BCUT2D eigenvalue weighted by molar-refractivity contribution is 7.91. The van der Waals surface area contributed by atoms with Gasteiger partial charge >= 0.3 is 0 Å². The number of sulfone groups is 1. The minimum absolute atomic E-state index is 0.287. The monoisotopic (exact) mass is 237 g/mol. The van der Waals surface area contributed by atoms with E-state index >= 15 is 0 Å². The average Bonchev–Trinajstić information content (AvgIpc) is 2.83. The van der Waals surface area contributed by atoms with Crippen molar-refractivity contribution in [3.05, 3.63) is 36.5 Å². The molecule has 0 fully saturated rings. The van der Waals surface area contributed by atoms with Crippen LogP contribution in [0.2, 0.25) is 0 Å². The molecule has 0 atom stereocenters. The molecule has 0 amide bonds. The van der Waals surface area contributed by atoms with Crippen molar-refractivity contribution in [1.29, 1.82) is 0 Å². The molecule has 1 radical (unpaired) electrons. The van der Waals surface area contributed by atoms with Gasteiger partial charge in [-0.05, 0) is 12.1 Å². The topological polar surface area (TPSA) is 90.1 Å². The molecule has 0 saturated carbocycles. The van der Waals surface area contributed by atoms with Gasteiger partial charge in [-0.15, -0.1) is 0 Å². The van der Waals surface area contributed by atoms with Crippen molar-refractivity contribution in [1.82, 2.24) is 9.97 Å². The summed E-state index contributed by atoms with van der Waals surface area (Å²) >= 11 is 0. The summed E-state index contributed by atoms with van der Waals surface area (Å²) in [5.74, 6) is 0. The molecule has 0 aliphatic heterocycles. The molecule has 0 aliphatic rings. The van der Waals surface area contributed by atoms with E-state index in [1.807, 2.05) is 0 Å². The van der Waals surface area contributed by atoms with E-state index in [9.17, 15) is 13.2 Å². The maximum absolute atomic E-state index is 11.9. The van der Waals surface area contributed by atoms with Gasteiger partial charge in [-0.2, -0.15) is 0 Å². The Kier molecular flexibility index (Phi) is 2.53. The van der Waals surface area contributed by atoms with Gasteiger partial charge in [-0.1, -0.05) is 0 Å². The van der Waals surface area contributed by atoms with E-state index in [4.69, 9.17) is 4.42 Å². The number of aromatic nitrogens is 2. The van der Waals surface area contributed by atoms with Gasteiger partial charge in [0, 0.05) is 12.4 Å². The molecule has 2 aromatic heterocycles. The molecule has 6 nitrogen and oxygen atoms in total. The fourth-order valence-corrected chi connectivity index (χ4v) is 2.28. The van der Waals surface area contributed by atoms with Crippen LogP contribution < -0.4 is 0 Å². The van der Waals surface area contributed by atoms with Gasteiger partial charge in [0.05, 0.1) is 6.26 Å². The molecule has 2 heterocycles. The van der Waals surface area contributed by atoms with Crippen LogP contribution in [-0.4, -0.2) is 24.7 Å². The van der Waals surface area contributed by atoms with E-state index < -0.39 is 14.9 Å². The number of hydrogen-bond donors (Lipinski definition) is 0. The van der Waals surface area contributed by atoms with Crippen molar-refractivity contribution in [3.63, 3.8) is 0 Å². The molecule has 0 bridgehead atoms. The minimum Gasteiger partial charge on any atom is -0.453 e. The summed E-state index contributed by atoms with van der Waals surface area (Å²) in [4.78, 5) is 17.7. The average molecular weight is 237 g/mol. The highest BCUT2D eigenvalue weighted by Gasteiger charge is 2.26. The highest BCUT2D eigenvalue weighted by atomic mass is 32.2. The lowest BCUT2D eigenvalue weighted by atomic mass is 10.5. The number of carbonyl (C=O) groups excluding carboxylic acids is 1. The van der Waals surface area contributed by atoms with E-state index in [0.717, 1.165) is 0 Å². The van der Waals surface area contributed by atoms with Crippen LogP contribution in [0.5, 0.6) is 0 Å². The summed E-state index contributed by atoms with van der Waals surface area (Å²) in [6.45, 7) is 0. The first-order chi connectivity index (χ1) is 7.66. The van der Waals surface area contributed by atoms with E-state index in [1.54, 1.807) is 0 Å². The molecule has 0 aromatic carbocycles. The molecule has 0 N–H and O–H groups in total. The van der Waals surface area contributed by atoms with Gasteiger partial charge in [-0.3, -0.25) is 4.79 Å². The van der Waals surface area contributed by atoms with Gasteiger partial charge in [0.2, 0.25) is 5.09 Å². The zero-order valence-electron chi connectivity index (χ0n) is 7.82. The Morgan fingerprint density at radius 3 is 2.62 bits per heavy atom. The summed E-state index contributed by atoms with van der Waals surface area (Å²) in [5.41, 5.74) is -0.362. The second-order valence-corrected chi connectivity index (χ2v) is 4.54. The number of rotatable bonds is 3. The molecular weight excluding hydrogens is 232 g/mol. The van der Waals surface area contributed by atoms with Gasteiger partial charge in [0.15, 0.2) is 10.7 Å². The summed E-state index contributed by atoms with van der Waals surface area (Å²) in [6.07, 6.45) is 5.02. The lowest BCUT2D eigenvalue weighted by molar-refractivity contribution is 0.448. The summed E-state index contributed by atoms with van der Waals surface area (Å²) in [5, 5.41) is -0.746. The van der Waals surface area contributed by atoms with Crippen molar-refractivity contribution >= 4 is 16.1 Å². The highest BCUT2D eigenvalue weighted by Crippen LogP contribution is 2.20. The molecule has 81 valence electrons. The van der Waals surface area contributed by atoms with E-state index in [-0.39, 0.29) is 10.8 Å². The van der Waals surface area contributed by atoms with Gasteiger partial charge in [-0.25, -0.2) is 18.4 Å². The Morgan fingerprint density at radius 2 is 2.00 bits per heavy atom. The Labute approximate surface area is 90.9 Å². The van der Waals surface area contributed by atoms with Gasteiger partial charge < -0.3 is 4.42 Å². The van der Waals surface area contributed by atoms with Crippen molar-refractivity contribution in [2.45, 2.75) is 10.1 Å². The second-order valence-electron chi connectivity index (χ2n) is 2.75. The number of hydrogen-bond acceptors (Lipinski definition) is 6. The standard InChI is InChI=1S/C9H5N2O4S/c12-6-7-9(11-4-3-10-7)16(13,14)8-2-1-5-15-8/h1-5H. The van der Waals surface area contributed by atoms with E-state index in [1.165, 1.54) is 37.1 Å². The summed E-state index contributed by atoms with van der Waals surface area (Å²) in [7, 11) is -3.94. The zero-order chi connectivity index (χ0) is 11.6. The molecule has 7 heteroatoms. The molecule has 16 heavy (non-hydrogen) atoms. The number of nitrogens with zero attached hydrogens (tertiary/aromatic N) is 2. The first kappa shape index (κ1) is 10.5. The normalized spacial score (nSPS) is 11.2. The van der Waals surface area contributed by atoms with Crippen molar-refractivity contribution in [3.8, 4) is 0 Å². The molecular formula is C9H5N2O4S.